The molecule has 2 N–H and O–H groups in total. The number of alkyl halides is 4. The highest BCUT2D eigenvalue weighted by atomic mass is 79.9. The molecule has 4 atom stereocenters. The number of nitrogens with one attached hydrogen (secondary N) is 1. The van der Waals surface area contributed by atoms with E-state index >= 15 is 0 Å². The molecule has 2 heterocycles. The van der Waals surface area contributed by atoms with Crippen LogP contribution in [0, 0.1) is 0 Å². The molecule has 1 aromatic carbocycles. The van der Waals surface area contributed by atoms with E-state index in [1.807, 2.05) is 0 Å². The molecular weight excluding hydrogens is 387 g/mol. The first kappa shape index (κ1) is 18.0. The largest absolute Gasteiger partial charge is 0.492 e. The third kappa shape index (κ3) is 3.44. The summed E-state index contributed by atoms with van der Waals surface area (Å²) in [6.45, 7) is 1.89. The molecule has 2 aliphatic rings. The number of fused-ring (bicyclic) bond motifs is 2. The van der Waals surface area contributed by atoms with Crippen LogP contribution in [0.1, 0.15) is 43.2 Å². The second kappa shape index (κ2) is 6.50. The van der Waals surface area contributed by atoms with E-state index in [1.54, 1.807) is 13.0 Å². The van der Waals surface area contributed by atoms with Crippen LogP contribution < -0.4 is 10.1 Å². The summed E-state index contributed by atoms with van der Waals surface area (Å²) in [6, 6.07) is 4.43. The van der Waals surface area contributed by atoms with Crippen molar-refractivity contribution in [2.24, 2.45) is 0 Å². The zero-order chi connectivity index (χ0) is 17.5. The SMILES string of the molecule is C[C@@]1(O)C[C@@H]2CC[C@@H](N2)C1c1ccc(OCCBr)c(C(F)(F)F)c1. The molecule has 2 bridgehead atoms. The topological polar surface area (TPSA) is 41.5 Å². The first-order chi connectivity index (χ1) is 11.2. The molecule has 0 spiro atoms. The van der Waals surface area contributed by atoms with E-state index in [-0.39, 0.29) is 30.4 Å². The Hall–Kier alpha value is -0.790. The molecule has 7 heteroatoms. The van der Waals surface area contributed by atoms with E-state index < -0.39 is 17.3 Å². The third-order valence-corrected chi connectivity index (χ3v) is 5.33. The van der Waals surface area contributed by atoms with Crippen LogP contribution in [-0.2, 0) is 6.18 Å². The first-order valence-electron chi connectivity index (χ1n) is 8.10. The third-order valence-electron chi connectivity index (χ3n) is 5.01. The van der Waals surface area contributed by atoms with Gasteiger partial charge in [-0.05, 0) is 43.9 Å². The highest BCUT2D eigenvalue weighted by molar-refractivity contribution is 9.09. The molecule has 2 saturated heterocycles. The number of piperidine rings is 1. The fourth-order valence-electron chi connectivity index (χ4n) is 4.16. The van der Waals surface area contributed by atoms with Crippen LogP contribution in [0.4, 0.5) is 13.2 Å². The van der Waals surface area contributed by atoms with E-state index in [0.29, 0.717) is 17.3 Å². The van der Waals surface area contributed by atoms with E-state index in [2.05, 4.69) is 21.2 Å². The van der Waals surface area contributed by atoms with Gasteiger partial charge in [0.2, 0.25) is 0 Å². The summed E-state index contributed by atoms with van der Waals surface area (Å²) in [4.78, 5) is 0. The summed E-state index contributed by atoms with van der Waals surface area (Å²) < 4.78 is 45.5. The van der Waals surface area contributed by atoms with Crippen LogP contribution >= 0.6 is 15.9 Å². The quantitative estimate of drug-likeness (QED) is 0.745. The molecule has 3 rings (SSSR count). The predicted octanol–water partition coefficient (Wildman–Crippen LogP) is 3.84. The average molecular weight is 408 g/mol. The van der Waals surface area contributed by atoms with Gasteiger partial charge < -0.3 is 15.2 Å². The van der Waals surface area contributed by atoms with Crippen molar-refractivity contribution in [1.82, 2.24) is 5.32 Å². The van der Waals surface area contributed by atoms with Crippen molar-refractivity contribution < 1.29 is 23.0 Å². The van der Waals surface area contributed by atoms with E-state index in [4.69, 9.17) is 4.74 Å². The summed E-state index contributed by atoms with van der Waals surface area (Å²) in [6.07, 6.45) is -2.12. The van der Waals surface area contributed by atoms with Crippen molar-refractivity contribution >= 4 is 15.9 Å². The Bertz CT molecular complexity index is 606. The number of benzene rings is 1. The predicted molar refractivity (Wildman–Crippen MR) is 88.7 cm³/mol. The van der Waals surface area contributed by atoms with Gasteiger partial charge in [0, 0.05) is 23.3 Å². The van der Waals surface area contributed by atoms with Crippen LogP contribution in [0.5, 0.6) is 5.75 Å². The van der Waals surface area contributed by atoms with Crippen LogP contribution in [-0.4, -0.2) is 34.7 Å². The van der Waals surface area contributed by atoms with Crippen molar-refractivity contribution in [3.05, 3.63) is 29.3 Å². The molecule has 24 heavy (non-hydrogen) atoms. The number of hydrogen-bond donors (Lipinski definition) is 2. The molecule has 0 saturated carbocycles. The summed E-state index contributed by atoms with van der Waals surface area (Å²) in [5.74, 6) is -0.527. The van der Waals surface area contributed by atoms with Crippen molar-refractivity contribution in [3.63, 3.8) is 0 Å². The second-order valence-corrected chi connectivity index (χ2v) is 7.67. The molecule has 0 aromatic heterocycles. The lowest BCUT2D eigenvalue weighted by Crippen LogP contribution is -2.53. The summed E-state index contributed by atoms with van der Waals surface area (Å²) in [7, 11) is 0. The Kier molecular flexibility index (Phi) is 4.88. The molecule has 2 aliphatic heterocycles. The van der Waals surface area contributed by atoms with Crippen LogP contribution in [0.15, 0.2) is 18.2 Å². The van der Waals surface area contributed by atoms with Gasteiger partial charge in [0.15, 0.2) is 0 Å². The van der Waals surface area contributed by atoms with Crippen molar-refractivity contribution in [2.75, 3.05) is 11.9 Å². The Morgan fingerprint density at radius 1 is 1.38 bits per heavy atom. The van der Waals surface area contributed by atoms with E-state index in [9.17, 15) is 18.3 Å². The maximum absolute atomic E-state index is 13.4. The Labute approximate surface area is 147 Å². The minimum Gasteiger partial charge on any atom is -0.492 e. The fraction of sp³-hybridized carbons (Fsp3) is 0.647. The van der Waals surface area contributed by atoms with Gasteiger partial charge in [-0.15, -0.1) is 0 Å². The van der Waals surface area contributed by atoms with Gasteiger partial charge in [-0.2, -0.15) is 13.2 Å². The normalized spacial score (nSPS) is 32.8. The number of hydrogen-bond acceptors (Lipinski definition) is 3. The number of halogens is 4. The molecule has 3 nitrogen and oxygen atoms in total. The molecule has 134 valence electrons. The average Bonchev–Trinajstić information content (AvgIpc) is 2.86. The molecule has 1 aromatic rings. The van der Waals surface area contributed by atoms with Gasteiger partial charge in [0.1, 0.15) is 5.75 Å². The van der Waals surface area contributed by atoms with Gasteiger partial charge in [0.25, 0.3) is 0 Å². The van der Waals surface area contributed by atoms with Crippen molar-refractivity contribution in [3.8, 4) is 5.75 Å². The van der Waals surface area contributed by atoms with Gasteiger partial charge in [-0.25, -0.2) is 0 Å². The van der Waals surface area contributed by atoms with Crippen molar-refractivity contribution in [1.29, 1.82) is 0 Å². The second-order valence-electron chi connectivity index (χ2n) is 6.88. The molecule has 2 fully saturated rings. The van der Waals surface area contributed by atoms with E-state index in [0.717, 1.165) is 18.9 Å². The summed E-state index contributed by atoms with van der Waals surface area (Å²) in [5.41, 5.74) is -1.29. The Morgan fingerprint density at radius 3 is 2.79 bits per heavy atom. The zero-order valence-corrected chi connectivity index (χ0v) is 15.0. The van der Waals surface area contributed by atoms with Crippen molar-refractivity contribution in [2.45, 2.75) is 56.0 Å². The number of ether oxygens (including phenoxy) is 1. The van der Waals surface area contributed by atoms with E-state index in [1.165, 1.54) is 6.07 Å². The van der Waals surface area contributed by atoms with Gasteiger partial charge in [-0.3, -0.25) is 0 Å². The minimum absolute atomic E-state index is 0.00847. The standard InChI is InChI=1S/C17H21BrF3NO2/c1-16(23)9-11-3-4-13(22-11)15(16)10-2-5-14(24-7-6-18)12(8-10)17(19,20)21/h2,5,8,11,13,15,22-23H,3-4,6-7,9H2,1H3/t11-,13+,15?,16+/m0/s1. The van der Waals surface area contributed by atoms with Gasteiger partial charge in [-0.1, -0.05) is 22.0 Å². The molecule has 0 aliphatic carbocycles. The van der Waals surface area contributed by atoms with Crippen LogP contribution in [0.3, 0.4) is 0 Å². The molecule has 0 radical (unpaired) electrons. The van der Waals surface area contributed by atoms with Crippen LogP contribution in [0.2, 0.25) is 0 Å². The monoisotopic (exact) mass is 407 g/mol. The zero-order valence-electron chi connectivity index (χ0n) is 13.4. The van der Waals surface area contributed by atoms with Crippen LogP contribution in [0.25, 0.3) is 0 Å². The molecule has 1 unspecified atom stereocenters. The Morgan fingerprint density at radius 2 is 2.12 bits per heavy atom. The smallest absolute Gasteiger partial charge is 0.419 e. The maximum Gasteiger partial charge on any atom is 0.419 e. The first-order valence-corrected chi connectivity index (χ1v) is 9.23. The summed E-state index contributed by atoms with van der Waals surface area (Å²) in [5, 5.41) is 14.7. The fourth-order valence-corrected chi connectivity index (χ4v) is 4.32. The number of rotatable bonds is 4. The molecule has 0 amide bonds. The lowest BCUT2D eigenvalue weighted by Gasteiger charge is -2.43. The molecular formula is C17H21BrF3NO2. The van der Waals surface area contributed by atoms with Gasteiger partial charge >= 0.3 is 6.18 Å². The highest BCUT2D eigenvalue weighted by Gasteiger charge is 2.49. The lowest BCUT2D eigenvalue weighted by molar-refractivity contribution is -0.139. The highest BCUT2D eigenvalue weighted by Crippen LogP contribution is 2.46. The van der Waals surface area contributed by atoms with Gasteiger partial charge in [0.05, 0.1) is 17.8 Å². The Balaban J connectivity index is 1.99. The number of aliphatic hydroxyl groups is 1. The summed E-state index contributed by atoms with van der Waals surface area (Å²) >= 11 is 3.15. The maximum atomic E-state index is 13.4. The lowest BCUT2D eigenvalue weighted by atomic mass is 9.74. The minimum atomic E-state index is -4.50.